The van der Waals surface area contributed by atoms with Crippen molar-refractivity contribution in [1.29, 1.82) is 0 Å². The zero-order valence-corrected chi connectivity index (χ0v) is 17.8. The molecule has 2 aromatic rings. The van der Waals surface area contributed by atoms with E-state index in [1.165, 1.54) is 6.07 Å². The normalized spacial score (nSPS) is 14.5. The van der Waals surface area contributed by atoms with Gasteiger partial charge in [0.2, 0.25) is 5.91 Å². The molecule has 0 bridgehead atoms. The second-order valence-electron chi connectivity index (χ2n) is 6.80. The summed E-state index contributed by atoms with van der Waals surface area (Å²) in [7, 11) is 0. The summed E-state index contributed by atoms with van der Waals surface area (Å²) in [6.45, 7) is 6.89. The lowest BCUT2D eigenvalue weighted by atomic mass is 10.2. The number of hydrogen-bond acceptors (Lipinski definition) is 4. The quantitative estimate of drug-likeness (QED) is 0.729. The van der Waals surface area contributed by atoms with E-state index in [0.29, 0.717) is 15.6 Å². The number of para-hydroxylation sites is 2. The fraction of sp³-hybridized carbons (Fsp3) is 0.333. The van der Waals surface area contributed by atoms with Gasteiger partial charge in [0, 0.05) is 31.7 Å². The molecule has 1 aliphatic heterocycles. The minimum Gasteiger partial charge on any atom is -0.367 e. The summed E-state index contributed by atoms with van der Waals surface area (Å²) in [5.41, 5.74) is 2.08. The Morgan fingerprint density at radius 3 is 2.41 bits per heavy atom. The van der Waals surface area contributed by atoms with Crippen LogP contribution in [0.4, 0.5) is 11.4 Å². The smallest absolute Gasteiger partial charge is 0.251 e. The molecule has 29 heavy (non-hydrogen) atoms. The van der Waals surface area contributed by atoms with Crippen LogP contribution in [0.15, 0.2) is 42.5 Å². The number of nitrogens with one attached hydrogen (secondary N) is 2. The van der Waals surface area contributed by atoms with Crippen molar-refractivity contribution < 1.29 is 9.59 Å². The van der Waals surface area contributed by atoms with Crippen LogP contribution in [0.2, 0.25) is 10.0 Å². The molecule has 0 aliphatic carbocycles. The van der Waals surface area contributed by atoms with E-state index in [9.17, 15) is 9.59 Å². The Kier molecular flexibility index (Phi) is 7.36. The van der Waals surface area contributed by atoms with Crippen molar-refractivity contribution in [1.82, 2.24) is 10.2 Å². The summed E-state index contributed by atoms with van der Waals surface area (Å²) < 4.78 is 0. The molecule has 1 aliphatic rings. The number of amides is 2. The lowest BCUT2D eigenvalue weighted by Crippen LogP contribution is -2.46. The molecule has 0 spiro atoms. The lowest BCUT2D eigenvalue weighted by molar-refractivity contribution is -0.115. The van der Waals surface area contributed by atoms with E-state index >= 15 is 0 Å². The van der Waals surface area contributed by atoms with Crippen LogP contribution in [0.25, 0.3) is 0 Å². The van der Waals surface area contributed by atoms with Gasteiger partial charge in [0.1, 0.15) is 0 Å². The number of anilines is 2. The number of piperazine rings is 1. The summed E-state index contributed by atoms with van der Waals surface area (Å²) in [5.74, 6) is -0.680. The summed E-state index contributed by atoms with van der Waals surface area (Å²) in [4.78, 5) is 29.3. The van der Waals surface area contributed by atoms with Gasteiger partial charge in [0.05, 0.1) is 28.0 Å². The van der Waals surface area contributed by atoms with Gasteiger partial charge >= 0.3 is 0 Å². The van der Waals surface area contributed by atoms with Crippen LogP contribution in [0.1, 0.15) is 17.3 Å². The Hall–Kier alpha value is -2.28. The van der Waals surface area contributed by atoms with Crippen molar-refractivity contribution in [3.05, 3.63) is 58.1 Å². The molecular formula is C21H24Cl2N4O2. The van der Waals surface area contributed by atoms with Crippen molar-refractivity contribution in [2.75, 3.05) is 49.5 Å². The molecule has 1 heterocycles. The molecule has 8 heteroatoms. The Bertz CT molecular complexity index is 883. The first-order valence-electron chi connectivity index (χ1n) is 9.57. The van der Waals surface area contributed by atoms with Gasteiger partial charge in [0.15, 0.2) is 0 Å². The molecule has 0 unspecified atom stereocenters. The second-order valence-corrected chi connectivity index (χ2v) is 7.61. The minimum absolute atomic E-state index is 0.142. The Labute approximate surface area is 180 Å². The van der Waals surface area contributed by atoms with Crippen LogP contribution in [-0.2, 0) is 4.79 Å². The SMILES string of the molecule is CCN1CCN(c2ccccc2NC(=O)CNC(=O)c2ccc(Cl)c(Cl)c2)CC1. The predicted molar refractivity (Wildman–Crippen MR) is 118 cm³/mol. The van der Waals surface area contributed by atoms with Crippen molar-refractivity contribution >= 4 is 46.4 Å². The number of carbonyl (C=O) groups is 2. The van der Waals surface area contributed by atoms with Gasteiger partial charge in [0.25, 0.3) is 5.91 Å². The third kappa shape index (κ3) is 5.63. The summed E-state index contributed by atoms with van der Waals surface area (Å²) in [5, 5.41) is 6.17. The van der Waals surface area contributed by atoms with Crippen molar-refractivity contribution in [2.24, 2.45) is 0 Å². The van der Waals surface area contributed by atoms with E-state index in [1.54, 1.807) is 12.1 Å². The Morgan fingerprint density at radius 1 is 1.00 bits per heavy atom. The molecule has 2 aromatic carbocycles. The van der Waals surface area contributed by atoms with E-state index < -0.39 is 0 Å². The van der Waals surface area contributed by atoms with Crippen molar-refractivity contribution in [2.45, 2.75) is 6.92 Å². The maximum atomic E-state index is 12.4. The van der Waals surface area contributed by atoms with Gasteiger partial charge in [-0.05, 0) is 36.9 Å². The summed E-state index contributed by atoms with van der Waals surface area (Å²) in [6.07, 6.45) is 0. The van der Waals surface area contributed by atoms with E-state index in [4.69, 9.17) is 23.2 Å². The van der Waals surface area contributed by atoms with Crippen LogP contribution in [-0.4, -0.2) is 56.0 Å². The average Bonchev–Trinajstić information content (AvgIpc) is 2.74. The number of hydrogen-bond donors (Lipinski definition) is 2. The highest BCUT2D eigenvalue weighted by atomic mass is 35.5. The van der Waals surface area contributed by atoms with Gasteiger partial charge in [-0.15, -0.1) is 0 Å². The third-order valence-electron chi connectivity index (χ3n) is 4.93. The molecule has 1 saturated heterocycles. The largest absolute Gasteiger partial charge is 0.367 e. The van der Waals surface area contributed by atoms with Gasteiger partial charge in [-0.2, -0.15) is 0 Å². The molecule has 1 fully saturated rings. The monoisotopic (exact) mass is 434 g/mol. The maximum absolute atomic E-state index is 12.4. The first-order valence-corrected chi connectivity index (χ1v) is 10.3. The summed E-state index contributed by atoms with van der Waals surface area (Å²) in [6, 6.07) is 12.3. The fourth-order valence-corrected chi connectivity index (χ4v) is 3.55. The minimum atomic E-state index is -0.386. The van der Waals surface area contributed by atoms with Crippen LogP contribution >= 0.6 is 23.2 Å². The van der Waals surface area contributed by atoms with Gasteiger partial charge in [-0.1, -0.05) is 42.3 Å². The first-order chi connectivity index (χ1) is 14.0. The van der Waals surface area contributed by atoms with Gasteiger partial charge in [-0.3, -0.25) is 9.59 Å². The van der Waals surface area contributed by atoms with Crippen LogP contribution in [0.5, 0.6) is 0 Å². The van der Waals surface area contributed by atoms with Crippen LogP contribution < -0.4 is 15.5 Å². The molecule has 0 atom stereocenters. The Balaban J connectivity index is 1.58. The molecule has 6 nitrogen and oxygen atoms in total. The lowest BCUT2D eigenvalue weighted by Gasteiger charge is -2.36. The maximum Gasteiger partial charge on any atom is 0.251 e. The highest BCUT2D eigenvalue weighted by Crippen LogP contribution is 2.26. The summed E-state index contributed by atoms with van der Waals surface area (Å²) >= 11 is 11.8. The predicted octanol–water partition coefficient (Wildman–Crippen LogP) is 3.50. The molecule has 2 N–H and O–H groups in total. The number of benzene rings is 2. The molecule has 0 aromatic heterocycles. The standard InChI is InChI=1S/C21H24Cl2N4O2/c1-2-26-9-11-27(12-10-26)19-6-4-3-5-18(19)25-20(28)14-24-21(29)15-7-8-16(22)17(23)13-15/h3-8,13H,2,9-12,14H2,1H3,(H,24,29)(H,25,28). The van der Waals surface area contributed by atoms with Crippen LogP contribution in [0.3, 0.4) is 0 Å². The van der Waals surface area contributed by atoms with Crippen LogP contribution in [0, 0.1) is 0 Å². The van der Waals surface area contributed by atoms with Gasteiger partial charge in [-0.25, -0.2) is 0 Å². The highest BCUT2D eigenvalue weighted by Gasteiger charge is 2.19. The molecule has 0 saturated carbocycles. The zero-order chi connectivity index (χ0) is 20.8. The molecular weight excluding hydrogens is 411 g/mol. The zero-order valence-electron chi connectivity index (χ0n) is 16.3. The topological polar surface area (TPSA) is 64.7 Å². The number of nitrogens with zero attached hydrogens (tertiary/aromatic N) is 2. The van der Waals surface area contributed by atoms with E-state index in [-0.39, 0.29) is 18.4 Å². The fourth-order valence-electron chi connectivity index (χ4n) is 3.25. The number of rotatable bonds is 6. The molecule has 2 amide bonds. The number of halogens is 2. The average molecular weight is 435 g/mol. The van der Waals surface area contributed by atoms with E-state index in [1.807, 2.05) is 24.3 Å². The highest BCUT2D eigenvalue weighted by molar-refractivity contribution is 6.42. The molecule has 154 valence electrons. The Morgan fingerprint density at radius 2 is 1.72 bits per heavy atom. The van der Waals surface area contributed by atoms with Crippen molar-refractivity contribution in [3.63, 3.8) is 0 Å². The first kappa shape index (κ1) is 21.4. The van der Waals surface area contributed by atoms with E-state index in [2.05, 4.69) is 27.4 Å². The number of likely N-dealkylation sites (N-methyl/N-ethyl adjacent to an activating group) is 1. The van der Waals surface area contributed by atoms with E-state index in [0.717, 1.165) is 44.1 Å². The van der Waals surface area contributed by atoms with Crippen molar-refractivity contribution in [3.8, 4) is 0 Å². The number of carbonyl (C=O) groups excluding carboxylic acids is 2. The molecule has 3 rings (SSSR count). The van der Waals surface area contributed by atoms with Gasteiger partial charge < -0.3 is 20.4 Å². The third-order valence-corrected chi connectivity index (χ3v) is 5.67. The second kappa shape index (κ2) is 9.96. The molecule has 0 radical (unpaired) electrons.